The van der Waals surface area contributed by atoms with Crippen molar-refractivity contribution in [3.05, 3.63) is 55.8 Å². The highest BCUT2D eigenvalue weighted by atomic mass is 35.5. The Bertz CT molecular complexity index is 965. The SMILES string of the molecule is CCCC1=C(C(=O)OCC)[C@@H](c2ccc(Cl)cc2Cl)N2C(=N1)SC(C#N)=C2N. The first kappa shape index (κ1) is 20.6. The molecule has 2 aliphatic rings. The van der Waals surface area contributed by atoms with Crippen molar-refractivity contribution in [1.29, 1.82) is 5.26 Å². The number of aliphatic imine (C=N–C) groups is 1. The first-order valence-corrected chi connectivity index (χ1v) is 10.3. The van der Waals surface area contributed by atoms with Crippen LogP contribution in [0.5, 0.6) is 0 Å². The number of halogens is 2. The fraction of sp³-hybridized carbons (Fsp3) is 0.316. The highest BCUT2D eigenvalue weighted by Crippen LogP contribution is 2.47. The van der Waals surface area contributed by atoms with Crippen LogP contribution >= 0.6 is 35.0 Å². The van der Waals surface area contributed by atoms with Crippen LogP contribution in [0.25, 0.3) is 0 Å². The summed E-state index contributed by atoms with van der Waals surface area (Å²) in [7, 11) is 0. The van der Waals surface area contributed by atoms with Gasteiger partial charge in [-0.25, -0.2) is 9.79 Å². The molecule has 1 atom stereocenters. The molecule has 3 rings (SSSR count). The second kappa shape index (κ2) is 8.48. The maximum atomic E-state index is 12.9. The minimum Gasteiger partial charge on any atom is -0.463 e. The molecule has 2 heterocycles. The predicted molar refractivity (Wildman–Crippen MR) is 111 cm³/mol. The third-order valence-corrected chi connectivity index (χ3v) is 5.84. The highest BCUT2D eigenvalue weighted by molar-refractivity contribution is 8.17. The fourth-order valence-electron chi connectivity index (χ4n) is 3.16. The van der Waals surface area contributed by atoms with E-state index in [2.05, 4.69) is 11.1 Å². The number of fused-ring (bicyclic) bond motifs is 1. The Kier molecular flexibility index (Phi) is 6.23. The van der Waals surface area contributed by atoms with E-state index in [1.54, 1.807) is 30.0 Å². The summed E-state index contributed by atoms with van der Waals surface area (Å²) in [6.07, 6.45) is 1.37. The van der Waals surface area contributed by atoms with Gasteiger partial charge in [-0.1, -0.05) is 42.6 Å². The van der Waals surface area contributed by atoms with Crippen LogP contribution < -0.4 is 5.73 Å². The number of benzene rings is 1. The van der Waals surface area contributed by atoms with Crippen LogP contribution in [-0.4, -0.2) is 22.6 Å². The number of nitrogens with zero attached hydrogens (tertiary/aromatic N) is 3. The van der Waals surface area contributed by atoms with Crippen molar-refractivity contribution in [3.63, 3.8) is 0 Å². The number of hydrogen-bond acceptors (Lipinski definition) is 7. The van der Waals surface area contributed by atoms with Crippen molar-refractivity contribution in [2.24, 2.45) is 10.7 Å². The molecule has 9 heteroatoms. The van der Waals surface area contributed by atoms with Crippen LogP contribution in [0.15, 0.2) is 45.2 Å². The number of amidine groups is 1. The molecule has 0 aliphatic carbocycles. The molecule has 0 aromatic heterocycles. The lowest BCUT2D eigenvalue weighted by atomic mass is 9.93. The van der Waals surface area contributed by atoms with Gasteiger partial charge in [0.2, 0.25) is 0 Å². The zero-order chi connectivity index (χ0) is 20.4. The number of nitrogens with two attached hydrogens (primary N) is 1. The van der Waals surface area contributed by atoms with E-state index in [0.29, 0.717) is 43.4 Å². The Labute approximate surface area is 177 Å². The third kappa shape index (κ3) is 3.60. The lowest BCUT2D eigenvalue weighted by molar-refractivity contribution is -0.139. The maximum absolute atomic E-state index is 12.9. The number of nitriles is 1. The van der Waals surface area contributed by atoms with E-state index in [9.17, 15) is 10.1 Å². The number of carbonyl (C=O) groups excluding carboxylic acids is 1. The summed E-state index contributed by atoms with van der Waals surface area (Å²) in [5.74, 6) is -0.243. The fourth-order valence-corrected chi connectivity index (χ4v) is 4.56. The summed E-state index contributed by atoms with van der Waals surface area (Å²) in [6.45, 7) is 3.97. The Hall–Kier alpha value is -2.14. The normalized spacial score (nSPS) is 18.8. The number of thioether (sulfide) groups is 1. The largest absolute Gasteiger partial charge is 0.463 e. The van der Waals surface area contributed by atoms with Crippen LogP contribution in [0.2, 0.25) is 10.0 Å². The van der Waals surface area contributed by atoms with Gasteiger partial charge in [-0.3, -0.25) is 4.90 Å². The summed E-state index contributed by atoms with van der Waals surface area (Å²) in [4.78, 5) is 19.5. The van der Waals surface area contributed by atoms with E-state index < -0.39 is 12.0 Å². The second-order valence-corrected chi connectivity index (χ2v) is 7.91. The number of carbonyl (C=O) groups is 1. The van der Waals surface area contributed by atoms with Crippen molar-refractivity contribution in [1.82, 2.24) is 4.90 Å². The Morgan fingerprint density at radius 3 is 2.79 bits per heavy atom. The summed E-state index contributed by atoms with van der Waals surface area (Å²) >= 11 is 13.7. The number of ether oxygens (including phenoxy) is 1. The molecule has 2 N–H and O–H groups in total. The first-order valence-electron chi connectivity index (χ1n) is 8.73. The smallest absolute Gasteiger partial charge is 0.338 e. The van der Waals surface area contributed by atoms with Gasteiger partial charge in [0.1, 0.15) is 16.8 Å². The van der Waals surface area contributed by atoms with Gasteiger partial charge < -0.3 is 10.5 Å². The van der Waals surface area contributed by atoms with Gasteiger partial charge in [0, 0.05) is 10.0 Å². The summed E-state index contributed by atoms with van der Waals surface area (Å²) in [6, 6.07) is 6.50. The van der Waals surface area contributed by atoms with E-state index in [1.165, 1.54) is 11.8 Å². The molecule has 1 aromatic rings. The van der Waals surface area contributed by atoms with E-state index in [4.69, 9.17) is 33.7 Å². The van der Waals surface area contributed by atoms with Crippen LogP contribution in [0.3, 0.4) is 0 Å². The van der Waals surface area contributed by atoms with Gasteiger partial charge in [0.15, 0.2) is 5.17 Å². The van der Waals surface area contributed by atoms with Crippen molar-refractivity contribution in [3.8, 4) is 6.07 Å². The number of hydrogen-bond donors (Lipinski definition) is 1. The van der Waals surface area contributed by atoms with Crippen molar-refractivity contribution < 1.29 is 9.53 Å². The molecule has 146 valence electrons. The van der Waals surface area contributed by atoms with Crippen LogP contribution in [0.4, 0.5) is 0 Å². The van der Waals surface area contributed by atoms with Crippen molar-refractivity contribution in [2.75, 3.05) is 6.61 Å². The molecular weight excluding hydrogens is 419 g/mol. The molecule has 0 unspecified atom stereocenters. The summed E-state index contributed by atoms with van der Waals surface area (Å²) < 4.78 is 5.32. The molecule has 6 nitrogen and oxygen atoms in total. The summed E-state index contributed by atoms with van der Waals surface area (Å²) in [5.41, 5.74) is 7.87. The molecule has 0 amide bonds. The molecule has 0 radical (unpaired) electrons. The maximum Gasteiger partial charge on any atom is 0.338 e. The average molecular weight is 437 g/mol. The number of allylic oxidation sites excluding steroid dienone is 2. The third-order valence-electron chi connectivity index (χ3n) is 4.31. The molecule has 0 saturated heterocycles. The average Bonchev–Trinajstić information content (AvgIpc) is 2.97. The van der Waals surface area contributed by atoms with E-state index in [-0.39, 0.29) is 12.4 Å². The van der Waals surface area contributed by atoms with Crippen LogP contribution in [-0.2, 0) is 9.53 Å². The van der Waals surface area contributed by atoms with Gasteiger partial charge in [0.25, 0.3) is 0 Å². The molecule has 2 aliphatic heterocycles. The van der Waals surface area contributed by atoms with Gasteiger partial charge in [-0.05, 0) is 42.8 Å². The Balaban J connectivity index is 2.26. The molecule has 1 aromatic carbocycles. The zero-order valence-electron chi connectivity index (χ0n) is 15.3. The van der Waals surface area contributed by atoms with Gasteiger partial charge in [-0.2, -0.15) is 5.26 Å². The van der Waals surface area contributed by atoms with Crippen molar-refractivity contribution >= 4 is 46.1 Å². The zero-order valence-corrected chi connectivity index (χ0v) is 17.7. The van der Waals surface area contributed by atoms with Gasteiger partial charge in [0.05, 0.1) is 23.9 Å². The number of esters is 1. The monoisotopic (exact) mass is 436 g/mol. The van der Waals surface area contributed by atoms with Crippen LogP contribution in [0, 0.1) is 11.3 Å². The molecular formula is C19H18Cl2N4O2S. The van der Waals surface area contributed by atoms with Crippen LogP contribution in [0.1, 0.15) is 38.3 Å². The standard InChI is InChI=1S/C19H18Cl2N4O2S/c1-3-5-13-15(18(26)27-4-2)16(11-7-6-10(20)8-12(11)21)25-17(23)14(9-22)28-19(25)24-13/h6-8,16H,3-5,23H2,1-2H3/t16-/m1/s1. The first-order chi connectivity index (χ1) is 13.4. The Morgan fingerprint density at radius 2 is 2.18 bits per heavy atom. The minimum absolute atomic E-state index is 0.225. The van der Waals surface area contributed by atoms with Gasteiger partial charge in [-0.15, -0.1) is 0 Å². The quantitative estimate of drug-likeness (QED) is 0.671. The molecule has 0 saturated carbocycles. The molecule has 0 spiro atoms. The van der Waals surface area contributed by atoms with Crippen molar-refractivity contribution in [2.45, 2.75) is 32.7 Å². The van der Waals surface area contributed by atoms with Gasteiger partial charge >= 0.3 is 5.97 Å². The van der Waals surface area contributed by atoms with E-state index >= 15 is 0 Å². The molecule has 0 bridgehead atoms. The lowest BCUT2D eigenvalue weighted by Crippen LogP contribution is -2.39. The summed E-state index contributed by atoms with van der Waals surface area (Å²) in [5, 5.41) is 10.8. The minimum atomic E-state index is -0.656. The topological polar surface area (TPSA) is 91.7 Å². The van der Waals surface area contributed by atoms with E-state index in [1.807, 2.05) is 6.92 Å². The molecule has 28 heavy (non-hydrogen) atoms. The number of rotatable bonds is 5. The predicted octanol–water partition coefficient (Wildman–Crippen LogP) is 4.72. The second-order valence-electron chi connectivity index (χ2n) is 6.09. The molecule has 0 fully saturated rings. The lowest BCUT2D eigenvalue weighted by Gasteiger charge is -2.35. The Morgan fingerprint density at radius 1 is 1.43 bits per heavy atom. The highest BCUT2D eigenvalue weighted by Gasteiger charge is 2.43. The van der Waals surface area contributed by atoms with E-state index in [0.717, 1.165) is 6.42 Å².